The quantitative estimate of drug-likeness (QED) is 0.218. The minimum atomic E-state index is -0.431. The molecular weight excluding hydrogens is 493 g/mol. The summed E-state index contributed by atoms with van der Waals surface area (Å²) in [7, 11) is 0. The predicted octanol–water partition coefficient (Wildman–Crippen LogP) is 6.37. The fourth-order valence-electron chi connectivity index (χ4n) is 2.54. The number of hydrogen-bond donors (Lipinski definition) is 1. The second-order valence-corrected chi connectivity index (χ2v) is 7.86. The van der Waals surface area contributed by atoms with E-state index >= 15 is 0 Å². The fourth-order valence-corrected chi connectivity index (χ4v) is 3.58. The molecule has 0 heterocycles. The lowest BCUT2D eigenvalue weighted by atomic mass is 10.2. The third-order valence-corrected chi connectivity index (χ3v) is 5.45. The lowest BCUT2D eigenvalue weighted by molar-refractivity contribution is -0.384. The number of nitrogens with zero attached hydrogens (tertiary/aromatic N) is 2. The highest BCUT2D eigenvalue weighted by atomic mass is 79.9. The summed E-state index contributed by atoms with van der Waals surface area (Å²) in [4.78, 5) is 10.3. The van der Waals surface area contributed by atoms with Crippen molar-refractivity contribution in [3.8, 4) is 5.75 Å². The van der Waals surface area contributed by atoms with E-state index in [2.05, 4.69) is 26.5 Å². The van der Waals surface area contributed by atoms with E-state index in [-0.39, 0.29) is 5.69 Å². The first kappa shape index (κ1) is 22.1. The van der Waals surface area contributed by atoms with Gasteiger partial charge in [-0.2, -0.15) is 5.10 Å². The van der Waals surface area contributed by atoms with Crippen LogP contribution < -0.4 is 10.2 Å². The van der Waals surface area contributed by atoms with Gasteiger partial charge in [-0.3, -0.25) is 10.1 Å². The molecule has 6 nitrogen and oxygen atoms in total. The van der Waals surface area contributed by atoms with Gasteiger partial charge in [-0.15, -0.1) is 0 Å². The maximum atomic E-state index is 10.7. The molecule has 0 atom stereocenters. The Labute approximate surface area is 191 Å². The molecule has 30 heavy (non-hydrogen) atoms. The summed E-state index contributed by atoms with van der Waals surface area (Å²) in [5.41, 5.74) is 5.46. The van der Waals surface area contributed by atoms with Crippen molar-refractivity contribution in [1.29, 1.82) is 0 Å². The Morgan fingerprint density at radius 1 is 1.10 bits per heavy atom. The summed E-state index contributed by atoms with van der Waals surface area (Å²) < 4.78 is 6.55. The molecule has 0 aliphatic carbocycles. The van der Waals surface area contributed by atoms with Gasteiger partial charge >= 0.3 is 0 Å². The second kappa shape index (κ2) is 10.4. The normalized spacial score (nSPS) is 10.9. The van der Waals surface area contributed by atoms with E-state index in [4.69, 9.17) is 27.9 Å². The molecule has 0 aliphatic heterocycles. The highest BCUT2D eigenvalue weighted by Gasteiger charge is 2.07. The van der Waals surface area contributed by atoms with E-state index in [1.165, 1.54) is 12.1 Å². The van der Waals surface area contributed by atoms with Crippen LogP contribution in [0.4, 0.5) is 5.69 Å². The summed E-state index contributed by atoms with van der Waals surface area (Å²) in [6, 6.07) is 17.2. The molecule has 3 aromatic rings. The van der Waals surface area contributed by atoms with Crippen LogP contribution >= 0.6 is 39.1 Å². The highest BCUT2D eigenvalue weighted by molar-refractivity contribution is 9.10. The Bertz CT molecular complexity index is 1060. The molecule has 3 aromatic carbocycles. The smallest absolute Gasteiger partial charge is 0.269 e. The number of nitro benzene ring substituents is 1. The predicted molar refractivity (Wildman–Crippen MR) is 122 cm³/mol. The van der Waals surface area contributed by atoms with Gasteiger partial charge in [0.1, 0.15) is 12.4 Å². The average molecular weight is 509 g/mol. The number of nitro groups is 1. The first-order valence-electron chi connectivity index (χ1n) is 8.78. The van der Waals surface area contributed by atoms with Gasteiger partial charge in [0.05, 0.1) is 22.2 Å². The lowest BCUT2D eigenvalue weighted by Crippen LogP contribution is -2.06. The van der Waals surface area contributed by atoms with Crippen LogP contribution in [0.1, 0.15) is 16.7 Å². The van der Waals surface area contributed by atoms with Gasteiger partial charge in [0.15, 0.2) is 0 Å². The van der Waals surface area contributed by atoms with E-state index in [1.807, 2.05) is 18.2 Å². The largest absolute Gasteiger partial charge is 0.488 e. The van der Waals surface area contributed by atoms with Crippen LogP contribution in [0.2, 0.25) is 10.0 Å². The van der Waals surface area contributed by atoms with Crippen molar-refractivity contribution in [3.63, 3.8) is 0 Å². The number of rotatable bonds is 8. The molecule has 3 rings (SSSR count). The van der Waals surface area contributed by atoms with Gasteiger partial charge in [0.25, 0.3) is 5.69 Å². The fraction of sp³-hybridized carbons (Fsp3) is 0.0952. The van der Waals surface area contributed by atoms with Gasteiger partial charge in [-0.1, -0.05) is 29.3 Å². The number of nitrogens with one attached hydrogen (secondary N) is 1. The first-order chi connectivity index (χ1) is 14.4. The zero-order valence-corrected chi connectivity index (χ0v) is 18.6. The molecule has 154 valence electrons. The van der Waals surface area contributed by atoms with E-state index < -0.39 is 4.92 Å². The summed E-state index contributed by atoms with van der Waals surface area (Å²) in [6.07, 6.45) is 1.68. The molecule has 0 saturated carbocycles. The van der Waals surface area contributed by atoms with Crippen LogP contribution in [0.3, 0.4) is 0 Å². The van der Waals surface area contributed by atoms with Crippen molar-refractivity contribution >= 4 is 51.0 Å². The number of benzene rings is 3. The van der Waals surface area contributed by atoms with Crippen LogP contribution in [-0.2, 0) is 13.2 Å². The van der Waals surface area contributed by atoms with Crippen molar-refractivity contribution in [3.05, 3.63) is 102 Å². The van der Waals surface area contributed by atoms with E-state index in [9.17, 15) is 10.1 Å². The lowest BCUT2D eigenvalue weighted by Gasteiger charge is -2.09. The van der Waals surface area contributed by atoms with Gasteiger partial charge in [-0.05, 0) is 69.5 Å². The monoisotopic (exact) mass is 507 g/mol. The van der Waals surface area contributed by atoms with Gasteiger partial charge in [0, 0.05) is 27.7 Å². The third-order valence-electron chi connectivity index (χ3n) is 4.12. The number of non-ortho nitro benzene ring substituents is 1. The van der Waals surface area contributed by atoms with E-state index in [1.54, 1.807) is 36.5 Å². The van der Waals surface area contributed by atoms with Crippen molar-refractivity contribution in [2.24, 2.45) is 5.10 Å². The first-order valence-corrected chi connectivity index (χ1v) is 10.3. The molecular formula is C21H16BrCl2N3O3. The average Bonchev–Trinajstić information content (AvgIpc) is 2.72. The molecule has 0 saturated heterocycles. The SMILES string of the molecule is O=[N+]([O-])c1ccc(COc2ccc(/C=N\NCc3c(Cl)cccc3Cl)cc2Br)cc1. The zero-order valence-electron chi connectivity index (χ0n) is 15.5. The second-order valence-electron chi connectivity index (χ2n) is 6.20. The van der Waals surface area contributed by atoms with Crippen molar-refractivity contribution in [1.82, 2.24) is 5.43 Å². The summed E-state index contributed by atoms with van der Waals surface area (Å²) in [5, 5.41) is 16.1. The standard InChI is InChI=1S/C21H16BrCl2N3O3/c22-18-10-15(11-25-26-12-17-19(23)2-1-3-20(17)24)6-9-21(18)30-13-14-4-7-16(8-5-14)27(28)29/h1-11,26H,12-13H2/b25-11-. The van der Waals surface area contributed by atoms with Crippen LogP contribution in [0, 0.1) is 10.1 Å². The van der Waals surface area contributed by atoms with Crippen LogP contribution in [0.15, 0.2) is 70.2 Å². The van der Waals surface area contributed by atoms with Crippen LogP contribution in [0.25, 0.3) is 0 Å². The molecule has 0 radical (unpaired) electrons. The Morgan fingerprint density at radius 3 is 2.43 bits per heavy atom. The van der Waals surface area contributed by atoms with Crippen molar-refractivity contribution < 1.29 is 9.66 Å². The molecule has 9 heteroatoms. The maximum Gasteiger partial charge on any atom is 0.269 e. The topological polar surface area (TPSA) is 76.8 Å². The van der Waals surface area contributed by atoms with Crippen LogP contribution in [0.5, 0.6) is 5.75 Å². The maximum absolute atomic E-state index is 10.7. The molecule has 0 unspecified atom stereocenters. The van der Waals surface area contributed by atoms with Crippen LogP contribution in [-0.4, -0.2) is 11.1 Å². The minimum Gasteiger partial charge on any atom is -0.488 e. The summed E-state index contributed by atoms with van der Waals surface area (Å²) in [5.74, 6) is 0.654. The molecule has 0 bridgehead atoms. The number of ether oxygens (including phenoxy) is 1. The Kier molecular flexibility index (Phi) is 7.68. The summed E-state index contributed by atoms with van der Waals surface area (Å²) in [6.45, 7) is 0.705. The molecule has 0 fully saturated rings. The van der Waals surface area contributed by atoms with Crippen molar-refractivity contribution in [2.75, 3.05) is 0 Å². The van der Waals surface area contributed by atoms with Gasteiger partial charge in [0.2, 0.25) is 0 Å². The Balaban J connectivity index is 1.55. The Hall–Kier alpha value is -2.61. The molecule has 0 spiro atoms. The zero-order chi connectivity index (χ0) is 21.5. The van der Waals surface area contributed by atoms with Crippen molar-refractivity contribution in [2.45, 2.75) is 13.2 Å². The van der Waals surface area contributed by atoms with E-state index in [0.29, 0.717) is 28.9 Å². The van der Waals surface area contributed by atoms with Gasteiger partial charge in [-0.25, -0.2) is 0 Å². The highest BCUT2D eigenvalue weighted by Crippen LogP contribution is 2.27. The molecule has 0 amide bonds. The molecule has 0 aromatic heterocycles. The number of halogens is 3. The molecule has 1 N–H and O–H groups in total. The summed E-state index contributed by atoms with van der Waals surface area (Å²) >= 11 is 15.8. The van der Waals surface area contributed by atoms with Gasteiger partial charge < -0.3 is 10.2 Å². The van der Waals surface area contributed by atoms with E-state index in [0.717, 1.165) is 21.2 Å². The molecule has 0 aliphatic rings. The third kappa shape index (κ3) is 5.95. The Morgan fingerprint density at radius 2 is 1.80 bits per heavy atom. The number of hydrogen-bond acceptors (Lipinski definition) is 5. The minimum absolute atomic E-state index is 0.0500. The number of hydrazone groups is 1.